The average Bonchev–Trinajstić information content (AvgIpc) is 3.28. The molecule has 4 N–H and O–H groups in total. The number of rotatable bonds is 18. The number of nitro groups is 4. The van der Waals surface area contributed by atoms with Crippen LogP contribution in [0.15, 0.2) is 72.8 Å². The summed E-state index contributed by atoms with van der Waals surface area (Å²) in [5, 5.41) is 47.7. The van der Waals surface area contributed by atoms with Gasteiger partial charge in [0.1, 0.15) is 24.7 Å². The van der Waals surface area contributed by atoms with Gasteiger partial charge in [0.05, 0.1) is 19.7 Å². The Kier molecular flexibility index (Phi) is 15.9. The number of piperazine rings is 2. The molecular weight excluding hydrogens is 873 g/mol. The molecule has 4 aromatic rings. The van der Waals surface area contributed by atoms with Crippen LogP contribution < -0.4 is 21.3 Å². The predicted octanol–water partition coefficient (Wildman–Crippen LogP) is 3.15. The third-order valence-corrected chi connectivity index (χ3v) is 11.0. The van der Waals surface area contributed by atoms with Crippen LogP contribution in [0.25, 0.3) is 0 Å². The number of nitrogens with zero attached hydrogens (tertiary/aromatic N) is 8. The van der Waals surface area contributed by atoms with Crippen LogP contribution in [0.2, 0.25) is 0 Å². The molecule has 4 aromatic carbocycles. The van der Waals surface area contributed by atoms with Crippen LogP contribution in [-0.4, -0.2) is 123 Å². The Morgan fingerprint density at radius 3 is 1.21 bits per heavy atom. The van der Waals surface area contributed by atoms with E-state index in [0.717, 1.165) is 12.1 Å². The predicted molar refractivity (Wildman–Crippen MR) is 229 cm³/mol. The lowest BCUT2D eigenvalue weighted by molar-refractivity contribution is -0.385. The molecule has 0 radical (unpaired) electrons. The molecule has 2 aliphatic heterocycles. The van der Waals surface area contributed by atoms with Crippen molar-refractivity contribution in [1.82, 2.24) is 19.6 Å². The van der Waals surface area contributed by atoms with Crippen molar-refractivity contribution in [2.24, 2.45) is 11.8 Å². The Hall–Kier alpha value is -7.55. The second-order valence-corrected chi connectivity index (χ2v) is 15.3. The SMILES string of the molecule is NOCC(=O)N1CCN(Cc2cc(Cc3cc([N+](=O)[O-])ccc3OC(=O)Oc3ccc([N+](=O)[O-])cc3Cc3ccc([N+](=O)[O-])c(CN4CCN(C(=O)CON)CC4)c3)ccc2[N+](=O)[O-])CC1. The van der Waals surface area contributed by atoms with E-state index in [1.54, 1.807) is 21.9 Å². The van der Waals surface area contributed by atoms with E-state index in [4.69, 9.17) is 21.3 Å². The van der Waals surface area contributed by atoms with Gasteiger partial charge < -0.3 is 19.3 Å². The summed E-state index contributed by atoms with van der Waals surface area (Å²) >= 11 is 0. The molecule has 0 aliphatic carbocycles. The Labute approximate surface area is 374 Å². The summed E-state index contributed by atoms with van der Waals surface area (Å²) in [6.07, 6.45) is -1.47. The molecule has 25 heteroatoms. The number of carbonyl (C=O) groups excluding carboxylic acids is 3. The zero-order valence-corrected chi connectivity index (χ0v) is 35.2. The number of carbonyl (C=O) groups is 3. The molecule has 0 bridgehead atoms. The summed E-state index contributed by atoms with van der Waals surface area (Å²) < 4.78 is 11.2. The van der Waals surface area contributed by atoms with E-state index in [9.17, 15) is 54.8 Å². The Bertz CT molecular complexity index is 2340. The summed E-state index contributed by atoms with van der Waals surface area (Å²) in [6, 6.07) is 15.7. The van der Waals surface area contributed by atoms with Crippen LogP contribution in [-0.2, 0) is 45.2 Å². The van der Waals surface area contributed by atoms with E-state index < -0.39 is 25.8 Å². The molecule has 0 unspecified atom stereocenters. The van der Waals surface area contributed by atoms with Crippen molar-refractivity contribution in [3.63, 3.8) is 0 Å². The lowest BCUT2D eigenvalue weighted by Crippen LogP contribution is -2.49. The van der Waals surface area contributed by atoms with Crippen LogP contribution in [0.5, 0.6) is 11.5 Å². The third-order valence-electron chi connectivity index (χ3n) is 11.0. The van der Waals surface area contributed by atoms with E-state index >= 15 is 0 Å². The van der Waals surface area contributed by atoms with Crippen LogP contribution in [0.1, 0.15) is 33.4 Å². The molecule has 66 heavy (non-hydrogen) atoms. The second-order valence-electron chi connectivity index (χ2n) is 15.3. The highest BCUT2D eigenvalue weighted by molar-refractivity contribution is 5.78. The first-order valence-corrected chi connectivity index (χ1v) is 20.2. The maximum atomic E-state index is 13.5. The molecule has 2 saturated heterocycles. The van der Waals surface area contributed by atoms with Gasteiger partial charge in [-0.1, -0.05) is 12.1 Å². The summed E-state index contributed by atoms with van der Waals surface area (Å²) in [5.41, 5.74) is 0.934. The van der Waals surface area contributed by atoms with Crippen LogP contribution in [0.4, 0.5) is 27.5 Å². The number of nitrogens with two attached hydrogens (primary N) is 2. The highest BCUT2D eigenvalue weighted by Gasteiger charge is 2.27. The zero-order valence-electron chi connectivity index (χ0n) is 35.2. The lowest BCUT2D eigenvalue weighted by Gasteiger charge is -2.34. The maximum Gasteiger partial charge on any atom is 0.519 e. The molecule has 348 valence electrons. The molecule has 0 atom stereocenters. The van der Waals surface area contributed by atoms with Gasteiger partial charge in [0, 0.05) is 137 Å². The lowest BCUT2D eigenvalue weighted by atomic mass is 10.00. The van der Waals surface area contributed by atoms with Crippen molar-refractivity contribution in [3.8, 4) is 11.5 Å². The molecule has 2 aliphatic rings. The molecular formula is C41H44N10O15. The van der Waals surface area contributed by atoms with Crippen LogP contribution in [0, 0.1) is 40.5 Å². The van der Waals surface area contributed by atoms with Gasteiger partial charge in [-0.3, -0.25) is 69.5 Å². The fraction of sp³-hybridized carbons (Fsp3) is 0.341. The highest BCUT2D eigenvalue weighted by Crippen LogP contribution is 2.32. The number of hydrogen-bond donors (Lipinski definition) is 2. The smallest absolute Gasteiger partial charge is 0.394 e. The molecule has 2 fully saturated rings. The highest BCUT2D eigenvalue weighted by atomic mass is 16.7. The molecule has 0 saturated carbocycles. The van der Waals surface area contributed by atoms with Crippen LogP contribution in [0.3, 0.4) is 0 Å². The minimum absolute atomic E-state index is 0.0844. The second kappa shape index (κ2) is 21.9. The van der Waals surface area contributed by atoms with E-state index in [0.29, 0.717) is 74.6 Å². The molecule has 2 amide bonds. The fourth-order valence-corrected chi connectivity index (χ4v) is 7.70. The van der Waals surface area contributed by atoms with Gasteiger partial charge in [0.25, 0.3) is 34.6 Å². The van der Waals surface area contributed by atoms with Crippen LogP contribution >= 0.6 is 0 Å². The summed E-state index contributed by atoms with van der Waals surface area (Å²) in [7, 11) is 0. The van der Waals surface area contributed by atoms with Crippen molar-refractivity contribution >= 4 is 40.7 Å². The first-order chi connectivity index (χ1) is 31.6. The van der Waals surface area contributed by atoms with E-state index in [1.165, 1.54) is 48.5 Å². The summed E-state index contributed by atoms with van der Waals surface area (Å²) in [5.74, 6) is 9.18. The third kappa shape index (κ3) is 12.4. The monoisotopic (exact) mass is 916 g/mol. The number of amides is 2. The van der Waals surface area contributed by atoms with Crippen molar-refractivity contribution in [2.45, 2.75) is 25.9 Å². The van der Waals surface area contributed by atoms with E-state index in [-0.39, 0.29) is 96.3 Å². The molecule has 2 heterocycles. The number of ether oxygens (including phenoxy) is 2. The molecule has 6 rings (SSSR count). The van der Waals surface area contributed by atoms with Crippen molar-refractivity contribution in [1.29, 1.82) is 0 Å². The Balaban J connectivity index is 1.20. The van der Waals surface area contributed by atoms with Crippen molar-refractivity contribution < 1.29 is 53.2 Å². The van der Waals surface area contributed by atoms with Gasteiger partial charge in [-0.15, -0.1) is 0 Å². The average molecular weight is 917 g/mol. The Morgan fingerprint density at radius 1 is 0.500 bits per heavy atom. The van der Waals surface area contributed by atoms with Crippen molar-refractivity contribution in [3.05, 3.63) is 147 Å². The van der Waals surface area contributed by atoms with Gasteiger partial charge in [0.15, 0.2) is 0 Å². The number of non-ortho nitro benzene ring substituents is 2. The van der Waals surface area contributed by atoms with Gasteiger partial charge in [0.2, 0.25) is 0 Å². The largest absolute Gasteiger partial charge is 0.519 e. The standard InChI is InChI=1S/C41H44N10O15/c42-63-25-39(52)46-13-9-44(10-14-46)23-31-19-27(1-5-35(31)50(59)60)17-29-21-33(48(55)56)3-7-37(29)65-41(54)66-38-8-4-34(49(57)58)22-30(38)18-28-2-6-36(51(61)62)32(20-28)24-45-11-15-47(16-12-45)40(53)26-64-43/h1-8,19-22H,9-18,23-26,42-43H2. The maximum absolute atomic E-state index is 13.5. The minimum Gasteiger partial charge on any atom is -0.394 e. The van der Waals surface area contributed by atoms with E-state index in [2.05, 4.69) is 9.68 Å². The van der Waals surface area contributed by atoms with Gasteiger partial charge >= 0.3 is 6.16 Å². The number of hydrogen-bond acceptors (Lipinski definition) is 19. The van der Waals surface area contributed by atoms with E-state index in [1.807, 2.05) is 9.80 Å². The van der Waals surface area contributed by atoms with Gasteiger partial charge in [-0.2, -0.15) is 0 Å². The molecule has 0 aromatic heterocycles. The number of benzene rings is 4. The molecule has 0 spiro atoms. The zero-order chi connectivity index (χ0) is 47.5. The Morgan fingerprint density at radius 2 is 0.879 bits per heavy atom. The topological polar surface area (TPSA) is 326 Å². The number of nitro benzene ring substituents is 4. The quantitative estimate of drug-likeness (QED) is 0.0626. The van der Waals surface area contributed by atoms with Crippen molar-refractivity contribution in [2.75, 3.05) is 65.6 Å². The minimum atomic E-state index is -1.31. The summed E-state index contributed by atoms with van der Waals surface area (Å²) in [4.78, 5) is 99.1. The fourth-order valence-electron chi connectivity index (χ4n) is 7.70. The normalized spacial score (nSPS) is 14.4. The van der Waals surface area contributed by atoms with Gasteiger partial charge in [-0.05, 0) is 35.4 Å². The summed E-state index contributed by atoms with van der Waals surface area (Å²) in [6.45, 7) is 2.74. The first kappa shape index (κ1) is 47.9. The van der Waals surface area contributed by atoms with Gasteiger partial charge in [-0.25, -0.2) is 16.6 Å². The molecule has 25 nitrogen and oxygen atoms in total. The first-order valence-electron chi connectivity index (χ1n) is 20.2.